The molecule has 4 aromatic rings. The zero-order valence-corrected chi connectivity index (χ0v) is 27.8. The van der Waals surface area contributed by atoms with Crippen molar-refractivity contribution in [1.29, 1.82) is 0 Å². The van der Waals surface area contributed by atoms with E-state index in [0.29, 0.717) is 33.6 Å². The van der Waals surface area contributed by atoms with Gasteiger partial charge in [0.1, 0.15) is 0 Å². The number of sulfonamides is 1. The normalized spacial score (nSPS) is 14.3. The smallest absolute Gasteiger partial charge is 0.261 e. The van der Waals surface area contributed by atoms with Gasteiger partial charge in [0.15, 0.2) is 0 Å². The maximum Gasteiger partial charge on any atom is 0.261 e. The number of carbonyl (C=O) groups excluding carboxylic acids is 4. The highest BCUT2D eigenvalue weighted by molar-refractivity contribution is 7.89. The van der Waals surface area contributed by atoms with Crippen molar-refractivity contribution in [3.8, 4) is 0 Å². The third kappa shape index (κ3) is 6.76. The molecule has 0 saturated carbocycles. The number of imide groups is 2. The molecule has 6 rings (SSSR count). The topological polar surface area (TPSA) is 140 Å². The van der Waals surface area contributed by atoms with Crippen LogP contribution in [-0.4, -0.2) is 86.4 Å². The average molecular weight is 679 g/mol. The van der Waals surface area contributed by atoms with Crippen LogP contribution in [0.25, 0.3) is 0 Å². The third-order valence-electron chi connectivity index (χ3n) is 8.46. The summed E-state index contributed by atoms with van der Waals surface area (Å²) in [5, 5.41) is 8.48. The minimum atomic E-state index is -4.07. The van der Waals surface area contributed by atoms with E-state index >= 15 is 0 Å². The largest absolute Gasteiger partial charge is 0.378 e. The van der Waals surface area contributed by atoms with E-state index in [4.69, 9.17) is 0 Å². The monoisotopic (exact) mass is 678 g/mol. The maximum atomic E-state index is 14.0. The predicted molar refractivity (Wildman–Crippen MR) is 183 cm³/mol. The van der Waals surface area contributed by atoms with E-state index in [1.54, 1.807) is 60.7 Å². The van der Waals surface area contributed by atoms with E-state index in [9.17, 15) is 27.6 Å². The summed E-state index contributed by atoms with van der Waals surface area (Å²) in [6, 6.07) is 26.6. The van der Waals surface area contributed by atoms with E-state index in [0.717, 1.165) is 15.5 Å². The molecule has 0 aliphatic carbocycles. The minimum Gasteiger partial charge on any atom is -0.378 e. The fourth-order valence-electron chi connectivity index (χ4n) is 5.81. The van der Waals surface area contributed by atoms with Crippen LogP contribution in [0.4, 0.5) is 17.1 Å². The molecule has 13 heteroatoms. The summed E-state index contributed by atoms with van der Waals surface area (Å²) in [5.41, 5.74) is 3.40. The van der Waals surface area contributed by atoms with Gasteiger partial charge in [-0.3, -0.25) is 29.0 Å². The zero-order chi connectivity index (χ0) is 34.7. The quantitative estimate of drug-likeness (QED) is 0.134. The molecule has 0 saturated heterocycles. The second-order valence-electron chi connectivity index (χ2n) is 11.8. The Bertz CT molecular complexity index is 1910. The molecule has 49 heavy (non-hydrogen) atoms. The Morgan fingerprint density at radius 2 is 0.918 bits per heavy atom. The molecule has 0 spiro atoms. The molecule has 12 nitrogen and oxygen atoms in total. The van der Waals surface area contributed by atoms with Crippen molar-refractivity contribution in [1.82, 2.24) is 14.1 Å². The summed E-state index contributed by atoms with van der Waals surface area (Å²) in [7, 11) is -0.189. The van der Waals surface area contributed by atoms with Gasteiger partial charge in [-0.2, -0.15) is 14.5 Å². The van der Waals surface area contributed by atoms with Gasteiger partial charge in [-0.1, -0.05) is 24.3 Å². The highest BCUT2D eigenvalue weighted by atomic mass is 32.2. The number of hydrogen-bond donors (Lipinski definition) is 0. The summed E-state index contributed by atoms with van der Waals surface area (Å²) >= 11 is 0. The van der Waals surface area contributed by atoms with Crippen LogP contribution in [0.15, 0.2) is 112 Å². The van der Waals surface area contributed by atoms with E-state index in [1.807, 2.05) is 43.3 Å². The van der Waals surface area contributed by atoms with Gasteiger partial charge in [0.05, 0.1) is 38.5 Å². The Morgan fingerprint density at radius 1 is 0.551 bits per heavy atom. The summed E-state index contributed by atoms with van der Waals surface area (Å²) in [6.07, 6.45) is 0.354. The molecule has 250 valence electrons. The SMILES string of the molecule is CN(C)c1ccc(N=Nc2ccc(S(=O)(=O)N(CCCN3C(=O)c4ccccc4C3=O)CCCN3C(=O)c4ccccc4C3=O)cc2)cc1. The molecule has 0 atom stereocenters. The number of anilines is 1. The lowest BCUT2D eigenvalue weighted by Gasteiger charge is -2.24. The van der Waals surface area contributed by atoms with Crippen molar-refractivity contribution in [2.24, 2.45) is 10.2 Å². The van der Waals surface area contributed by atoms with Gasteiger partial charge >= 0.3 is 0 Å². The molecule has 0 bridgehead atoms. The first-order chi connectivity index (χ1) is 23.6. The lowest BCUT2D eigenvalue weighted by atomic mass is 10.1. The Balaban J connectivity index is 1.15. The average Bonchev–Trinajstić information content (AvgIpc) is 3.50. The predicted octanol–water partition coefficient (Wildman–Crippen LogP) is 5.53. The molecule has 0 aromatic heterocycles. The number of amides is 4. The molecule has 0 fully saturated rings. The van der Waals surface area contributed by atoms with Crippen molar-refractivity contribution in [3.63, 3.8) is 0 Å². The van der Waals surface area contributed by atoms with E-state index in [2.05, 4.69) is 10.2 Å². The van der Waals surface area contributed by atoms with Crippen LogP contribution in [-0.2, 0) is 10.0 Å². The summed E-state index contributed by atoms with van der Waals surface area (Å²) < 4.78 is 29.2. The number of fused-ring (bicyclic) bond motifs is 2. The number of hydrogen-bond acceptors (Lipinski definition) is 9. The molecular formula is C36H34N6O6S. The maximum absolute atomic E-state index is 14.0. The van der Waals surface area contributed by atoms with Crippen LogP contribution >= 0.6 is 0 Å². The molecule has 0 N–H and O–H groups in total. The highest BCUT2D eigenvalue weighted by Crippen LogP contribution is 2.27. The van der Waals surface area contributed by atoms with Crippen molar-refractivity contribution in [3.05, 3.63) is 119 Å². The van der Waals surface area contributed by atoms with E-state index < -0.39 is 33.7 Å². The van der Waals surface area contributed by atoms with Crippen molar-refractivity contribution < 1.29 is 27.6 Å². The van der Waals surface area contributed by atoms with Crippen LogP contribution in [0.5, 0.6) is 0 Å². The Morgan fingerprint density at radius 3 is 1.29 bits per heavy atom. The van der Waals surface area contributed by atoms with Crippen molar-refractivity contribution in [2.75, 3.05) is 45.2 Å². The first kappa shape index (κ1) is 33.4. The van der Waals surface area contributed by atoms with Gasteiger partial charge in [-0.15, -0.1) is 0 Å². The lowest BCUT2D eigenvalue weighted by molar-refractivity contribution is 0.0640. The summed E-state index contributed by atoms with van der Waals surface area (Å²) in [6.45, 7) is 0.0156. The fourth-order valence-corrected chi connectivity index (χ4v) is 7.33. The Kier molecular flexibility index (Phi) is 9.47. The third-order valence-corrected chi connectivity index (χ3v) is 10.4. The zero-order valence-electron chi connectivity index (χ0n) is 27.0. The number of azo groups is 1. The molecule has 4 aromatic carbocycles. The van der Waals surface area contributed by atoms with Crippen molar-refractivity contribution >= 4 is 50.7 Å². The molecule has 0 unspecified atom stereocenters. The minimum absolute atomic E-state index is 0.0116. The summed E-state index contributed by atoms with van der Waals surface area (Å²) in [5.74, 6) is -1.67. The second-order valence-corrected chi connectivity index (χ2v) is 13.8. The van der Waals surface area contributed by atoms with Gasteiger partial charge in [0, 0.05) is 46.0 Å². The standard InChI is InChI=1S/C36H34N6O6S/c1-39(2)27-17-13-25(14-18-27)37-38-26-15-19-28(20-16-26)49(47,48)40(21-7-23-41-33(43)29-9-3-4-10-30(29)34(41)44)22-8-24-42-35(45)31-11-5-6-12-32(31)36(42)46/h3-6,9-20H,7-8,21-24H2,1-2H3. The van der Waals surface area contributed by atoms with Crippen LogP contribution in [0.1, 0.15) is 54.3 Å². The van der Waals surface area contributed by atoms with Crippen LogP contribution < -0.4 is 4.90 Å². The molecular weight excluding hydrogens is 644 g/mol. The first-order valence-electron chi connectivity index (χ1n) is 15.8. The van der Waals surface area contributed by atoms with E-state index in [1.165, 1.54) is 16.4 Å². The molecule has 2 aliphatic heterocycles. The number of benzene rings is 4. The second kappa shape index (κ2) is 13.9. The fraction of sp³-hybridized carbons (Fsp3) is 0.222. The number of carbonyl (C=O) groups is 4. The highest BCUT2D eigenvalue weighted by Gasteiger charge is 2.36. The van der Waals surface area contributed by atoms with Gasteiger partial charge in [0.25, 0.3) is 23.6 Å². The molecule has 0 radical (unpaired) electrons. The van der Waals surface area contributed by atoms with Gasteiger partial charge in [-0.25, -0.2) is 8.42 Å². The van der Waals surface area contributed by atoms with Crippen molar-refractivity contribution in [2.45, 2.75) is 17.7 Å². The van der Waals surface area contributed by atoms with E-state index in [-0.39, 0.29) is 43.9 Å². The first-order valence-corrected chi connectivity index (χ1v) is 17.2. The Hall–Kier alpha value is -5.53. The summed E-state index contributed by atoms with van der Waals surface area (Å²) in [4.78, 5) is 55.8. The van der Waals surface area contributed by atoms with Gasteiger partial charge in [0.2, 0.25) is 10.0 Å². The molecule has 4 amide bonds. The molecule has 2 aliphatic rings. The molecule has 2 heterocycles. The van der Waals surface area contributed by atoms with Crippen LogP contribution in [0, 0.1) is 0 Å². The Labute approximate surface area is 284 Å². The van der Waals surface area contributed by atoms with Crippen LogP contribution in [0.2, 0.25) is 0 Å². The van der Waals surface area contributed by atoms with Crippen LogP contribution in [0.3, 0.4) is 0 Å². The number of rotatable bonds is 13. The lowest BCUT2D eigenvalue weighted by Crippen LogP contribution is -2.38. The van der Waals surface area contributed by atoms with Gasteiger partial charge in [-0.05, 0) is 85.6 Å². The van der Waals surface area contributed by atoms with Gasteiger partial charge < -0.3 is 4.90 Å². The number of nitrogens with zero attached hydrogens (tertiary/aromatic N) is 6.